The first-order valence-electron chi connectivity index (χ1n) is 11.1. The van der Waals surface area contributed by atoms with Gasteiger partial charge in [-0.15, -0.1) is 6.58 Å². The molecule has 2 aromatic carbocycles. The number of hydrogen-bond acceptors (Lipinski definition) is 5. The van der Waals surface area contributed by atoms with E-state index in [4.69, 9.17) is 18.9 Å². The Morgan fingerprint density at radius 2 is 1.71 bits per heavy atom. The van der Waals surface area contributed by atoms with Gasteiger partial charge in [-0.3, -0.25) is 0 Å². The van der Waals surface area contributed by atoms with Crippen LogP contribution < -0.4 is 5.32 Å². The van der Waals surface area contributed by atoms with Crippen LogP contribution in [0.2, 0.25) is 0 Å². The van der Waals surface area contributed by atoms with Crippen molar-refractivity contribution < 1.29 is 18.9 Å². The zero-order chi connectivity index (χ0) is 21.7. The van der Waals surface area contributed by atoms with Crippen molar-refractivity contribution in [3.63, 3.8) is 0 Å². The van der Waals surface area contributed by atoms with Crippen LogP contribution in [0.4, 0.5) is 0 Å². The lowest BCUT2D eigenvalue weighted by Crippen LogP contribution is -2.48. The monoisotopic (exact) mass is 423 g/mol. The summed E-state index contributed by atoms with van der Waals surface area (Å²) in [7, 11) is 0. The standard InChI is InChI=1S/C26H33NO4/c1-4-5-16-21(27-17-19-12-8-6-9-13-19)22-23(28-18-20-14-10-7-11-15-20)24-25(29-22)31-26(2,3)30-24/h4,6-15,21-25,27H,1,5,16-18H2,2-3H3/t21-,22+,23-,24+,25+/m0/s1. The van der Waals surface area contributed by atoms with E-state index in [1.807, 2.05) is 44.2 Å². The first kappa shape index (κ1) is 22.2. The molecule has 2 aliphatic rings. The van der Waals surface area contributed by atoms with Gasteiger partial charge in [0, 0.05) is 12.6 Å². The predicted octanol–water partition coefficient (Wildman–Crippen LogP) is 4.57. The molecular formula is C26H33NO4. The Kier molecular flexibility index (Phi) is 7.20. The molecule has 0 aromatic heterocycles. The van der Waals surface area contributed by atoms with E-state index in [-0.39, 0.29) is 24.4 Å². The predicted molar refractivity (Wildman–Crippen MR) is 120 cm³/mol. The molecule has 4 rings (SSSR count). The van der Waals surface area contributed by atoms with Crippen LogP contribution >= 0.6 is 0 Å². The van der Waals surface area contributed by atoms with Gasteiger partial charge in [0.05, 0.1) is 6.61 Å². The van der Waals surface area contributed by atoms with Crippen molar-refractivity contribution in [3.05, 3.63) is 84.4 Å². The van der Waals surface area contributed by atoms with Gasteiger partial charge in [0.15, 0.2) is 12.1 Å². The zero-order valence-electron chi connectivity index (χ0n) is 18.4. The minimum absolute atomic E-state index is 0.0832. The van der Waals surface area contributed by atoms with Gasteiger partial charge in [-0.1, -0.05) is 66.7 Å². The second-order valence-electron chi connectivity index (χ2n) is 8.67. The van der Waals surface area contributed by atoms with Crippen LogP contribution in [0.5, 0.6) is 0 Å². The first-order chi connectivity index (χ1) is 15.1. The smallest absolute Gasteiger partial charge is 0.190 e. The fraction of sp³-hybridized carbons (Fsp3) is 0.462. The van der Waals surface area contributed by atoms with Gasteiger partial charge in [-0.25, -0.2) is 0 Å². The molecule has 2 saturated heterocycles. The maximum atomic E-state index is 6.43. The van der Waals surface area contributed by atoms with E-state index in [9.17, 15) is 0 Å². The first-order valence-corrected chi connectivity index (χ1v) is 11.1. The number of allylic oxidation sites excluding steroid dienone is 1. The normalized spacial score (nSPS) is 27.7. The Labute approximate surface area is 185 Å². The van der Waals surface area contributed by atoms with Gasteiger partial charge < -0.3 is 24.3 Å². The molecule has 0 spiro atoms. The van der Waals surface area contributed by atoms with Crippen LogP contribution in [0.25, 0.3) is 0 Å². The topological polar surface area (TPSA) is 49.0 Å². The van der Waals surface area contributed by atoms with Gasteiger partial charge in [-0.05, 0) is 37.8 Å². The summed E-state index contributed by atoms with van der Waals surface area (Å²) >= 11 is 0. The van der Waals surface area contributed by atoms with Gasteiger partial charge in [0.25, 0.3) is 0 Å². The van der Waals surface area contributed by atoms with Crippen molar-refractivity contribution in [1.29, 1.82) is 0 Å². The number of rotatable bonds is 10. The third-order valence-electron chi connectivity index (χ3n) is 5.80. The average Bonchev–Trinajstić information content (AvgIpc) is 3.25. The molecule has 0 unspecified atom stereocenters. The number of benzene rings is 2. The van der Waals surface area contributed by atoms with Crippen LogP contribution in [0.3, 0.4) is 0 Å². The minimum atomic E-state index is -0.678. The molecule has 0 bridgehead atoms. The molecule has 0 amide bonds. The summed E-state index contributed by atoms with van der Waals surface area (Å²) in [5, 5.41) is 3.69. The SMILES string of the molecule is C=CCC[C@H](NCc1ccccc1)[C@H]1O[C@@H]2OC(C)(C)O[C@@H]2[C@H]1OCc1ccccc1. The van der Waals surface area contributed by atoms with Crippen molar-refractivity contribution in [1.82, 2.24) is 5.32 Å². The summed E-state index contributed by atoms with van der Waals surface area (Å²) in [5.41, 5.74) is 2.36. The third kappa shape index (κ3) is 5.62. The van der Waals surface area contributed by atoms with Gasteiger partial charge in [0.2, 0.25) is 0 Å². The highest BCUT2D eigenvalue weighted by molar-refractivity contribution is 5.15. The lowest BCUT2D eigenvalue weighted by atomic mass is 9.98. The van der Waals surface area contributed by atoms with Crippen molar-refractivity contribution >= 4 is 0 Å². The number of hydrogen-bond donors (Lipinski definition) is 1. The van der Waals surface area contributed by atoms with Crippen molar-refractivity contribution in [2.24, 2.45) is 0 Å². The summed E-state index contributed by atoms with van der Waals surface area (Å²) < 4.78 is 25.1. The van der Waals surface area contributed by atoms with Crippen LogP contribution in [0.1, 0.15) is 37.8 Å². The zero-order valence-corrected chi connectivity index (χ0v) is 18.4. The molecule has 2 aliphatic heterocycles. The van der Waals surface area contributed by atoms with Crippen LogP contribution in [0.15, 0.2) is 73.3 Å². The number of nitrogens with one attached hydrogen (secondary N) is 1. The summed E-state index contributed by atoms with van der Waals surface area (Å²) in [6.07, 6.45) is 2.64. The third-order valence-corrected chi connectivity index (χ3v) is 5.80. The lowest BCUT2D eigenvalue weighted by Gasteiger charge is -2.31. The largest absolute Gasteiger partial charge is 0.368 e. The van der Waals surface area contributed by atoms with Crippen molar-refractivity contribution in [3.8, 4) is 0 Å². The molecule has 0 radical (unpaired) electrons. The van der Waals surface area contributed by atoms with E-state index in [1.54, 1.807) is 0 Å². The van der Waals surface area contributed by atoms with E-state index >= 15 is 0 Å². The lowest BCUT2D eigenvalue weighted by molar-refractivity contribution is -0.222. The quantitative estimate of drug-likeness (QED) is 0.567. The molecule has 31 heavy (non-hydrogen) atoms. The van der Waals surface area contributed by atoms with E-state index in [0.29, 0.717) is 6.61 Å². The molecule has 2 heterocycles. The number of fused-ring (bicyclic) bond motifs is 1. The molecule has 2 aromatic rings. The van der Waals surface area contributed by atoms with E-state index < -0.39 is 12.1 Å². The Hall–Kier alpha value is -2.02. The molecule has 0 saturated carbocycles. The summed E-state index contributed by atoms with van der Waals surface area (Å²) in [4.78, 5) is 0. The van der Waals surface area contributed by atoms with Gasteiger partial charge in [-0.2, -0.15) is 0 Å². The summed E-state index contributed by atoms with van der Waals surface area (Å²) in [6.45, 7) is 9.00. The highest BCUT2D eigenvalue weighted by Gasteiger charge is 2.56. The Balaban J connectivity index is 1.50. The average molecular weight is 424 g/mol. The molecule has 5 nitrogen and oxygen atoms in total. The molecule has 0 aliphatic carbocycles. The fourth-order valence-electron chi connectivity index (χ4n) is 4.31. The second-order valence-corrected chi connectivity index (χ2v) is 8.67. The van der Waals surface area contributed by atoms with Gasteiger partial charge >= 0.3 is 0 Å². The molecule has 5 atom stereocenters. The van der Waals surface area contributed by atoms with Crippen LogP contribution in [0, 0.1) is 0 Å². The highest BCUT2D eigenvalue weighted by atomic mass is 16.8. The maximum absolute atomic E-state index is 6.43. The maximum Gasteiger partial charge on any atom is 0.190 e. The Morgan fingerprint density at radius 3 is 2.39 bits per heavy atom. The van der Waals surface area contributed by atoms with E-state index in [1.165, 1.54) is 5.56 Å². The van der Waals surface area contributed by atoms with E-state index in [0.717, 1.165) is 24.9 Å². The Morgan fingerprint density at radius 1 is 1.03 bits per heavy atom. The summed E-state index contributed by atoms with van der Waals surface area (Å²) in [5.74, 6) is -0.678. The molecule has 5 heteroatoms. The minimum Gasteiger partial charge on any atom is -0.368 e. The van der Waals surface area contributed by atoms with Crippen LogP contribution in [-0.2, 0) is 32.1 Å². The molecular weight excluding hydrogens is 390 g/mol. The molecule has 2 fully saturated rings. The van der Waals surface area contributed by atoms with Gasteiger partial charge in [0.1, 0.15) is 18.3 Å². The number of ether oxygens (including phenoxy) is 4. The van der Waals surface area contributed by atoms with E-state index in [2.05, 4.69) is 48.3 Å². The second kappa shape index (κ2) is 10.1. The summed E-state index contributed by atoms with van der Waals surface area (Å²) in [6, 6.07) is 20.7. The Bertz CT molecular complexity index is 826. The fourth-order valence-corrected chi connectivity index (χ4v) is 4.31. The highest BCUT2D eigenvalue weighted by Crippen LogP contribution is 2.40. The van der Waals surface area contributed by atoms with Crippen LogP contribution in [-0.4, -0.2) is 36.4 Å². The van der Waals surface area contributed by atoms with Crippen molar-refractivity contribution in [2.75, 3.05) is 0 Å². The van der Waals surface area contributed by atoms with Crippen molar-refractivity contribution in [2.45, 2.75) is 76.3 Å². The molecule has 1 N–H and O–H groups in total. The molecule has 166 valence electrons.